The highest BCUT2D eigenvalue weighted by Gasteiger charge is 2.42. The average Bonchev–Trinajstić information content (AvgIpc) is 2.66. The van der Waals surface area contributed by atoms with E-state index in [0.29, 0.717) is 48.1 Å². The maximum Gasteiger partial charge on any atom is 0.223 e. The summed E-state index contributed by atoms with van der Waals surface area (Å²) in [4.78, 5) is 14.5. The molecule has 1 aliphatic heterocycles. The largest absolute Gasteiger partial charge is 0.341 e. The number of benzene rings is 2. The van der Waals surface area contributed by atoms with E-state index in [1.54, 1.807) is 42.3 Å². The van der Waals surface area contributed by atoms with Gasteiger partial charge in [-0.25, -0.2) is 8.78 Å². The Bertz CT molecular complexity index is 834. The number of carbonyl (C=O) groups excluding carboxylic acids is 1. The molecule has 1 unspecified atom stereocenters. The number of alkyl halides is 1. The minimum absolute atomic E-state index is 0.00688. The number of hydrogen-bond acceptors (Lipinski definition) is 2. The lowest BCUT2D eigenvalue weighted by molar-refractivity contribution is -0.132. The molecule has 156 valence electrons. The molecule has 0 saturated carbocycles. The average molecular weight is 441 g/mol. The van der Waals surface area contributed by atoms with E-state index in [0.717, 1.165) is 5.56 Å². The van der Waals surface area contributed by atoms with Gasteiger partial charge in [0.05, 0.1) is 0 Å². The number of hydrogen-bond donors (Lipinski definition) is 1. The van der Waals surface area contributed by atoms with Crippen molar-refractivity contribution in [1.82, 2.24) is 10.2 Å². The van der Waals surface area contributed by atoms with Crippen molar-refractivity contribution in [3.05, 3.63) is 69.5 Å². The van der Waals surface area contributed by atoms with Gasteiger partial charge in [-0.2, -0.15) is 0 Å². The van der Waals surface area contributed by atoms with Crippen molar-refractivity contribution < 1.29 is 13.6 Å². The van der Waals surface area contributed by atoms with Gasteiger partial charge in [0.1, 0.15) is 11.5 Å². The molecule has 0 aromatic heterocycles. The van der Waals surface area contributed by atoms with Gasteiger partial charge in [0.15, 0.2) is 0 Å². The summed E-state index contributed by atoms with van der Waals surface area (Å²) >= 11 is 12.1. The summed E-state index contributed by atoms with van der Waals surface area (Å²) in [5, 5.41) is 4.15. The third kappa shape index (κ3) is 5.68. The predicted octanol–water partition coefficient (Wildman–Crippen LogP) is 5.36. The van der Waals surface area contributed by atoms with E-state index in [1.807, 2.05) is 0 Å². The minimum atomic E-state index is -1.51. The Balaban J connectivity index is 1.78. The maximum absolute atomic E-state index is 15.8. The van der Waals surface area contributed by atoms with Gasteiger partial charge in [0.2, 0.25) is 5.91 Å². The lowest BCUT2D eigenvalue weighted by Crippen LogP contribution is -2.44. The van der Waals surface area contributed by atoms with E-state index < -0.39 is 11.6 Å². The third-order valence-electron chi connectivity index (χ3n) is 5.48. The number of nitrogens with one attached hydrogen (secondary N) is 1. The molecule has 0 radical (unpaired) electrons. The third-order valence-corrected chi connectivity index (χ3v) is 5.91. The first-order valence-electron chi connectivity index (χ1n) is 9.61. The molecule has 1 aliphatic rings. The van der Waals surface area contributed by atoms with Gasteiger partial charge in [0, 0.05) is 36.0 Å². The van der Waals surface area contributed by atoms with Gasteiger partial charge in [0.25, 0.3) is 0 Å². The van der Waals surface area contributed by atoms with E-state index in [4.69, 9.17) is 23.2 Å². The minimum Gasteiger partial charge on any atom is -0.341 e. The first kappa shape index (κ1) is 22.0. The van der Waals surface area contributed by atoms with Gasteiger partial charge >= 0.3 is 0 Å². The monoisotopic (exact) mass is 440 g/mol. The fourth-order valence-electron chi connectivity index (χ4n) is 3.88. The molecule has 1 fully saturated rings. The van der Waals surface area contributed by atoms with Crippen LogP contribution in [0.15, 0.2) is 42.5 Å². The first-order chi connectivity index (χ1) is 13.8. The zero-order chi connectivity index (χ0) is 21.0. The molecule has 1 saturated heterocycles. The molecule has 2 aromatic rings. The zero-order valence-corrected chi connectivity index (χ0v) is 17.7. The number of carbonyl (C=O) groups is 1. The Kier molecular flexibility index (Phi) is 7.14. The van der Waals surface area contributed by atoms with Crippen LogP contribution in [-0.4, -0.2) is 36.6 Å². The van der Waals surface area contributed by atoms with E-state index in [1.165, 1.54) is 12.1 Å². The molecular formula is C22H24Cl2F2N2O. The number of amides is 1. The van der Waals surface area contributed by atoms with Crippen molar-refractivity contribution >= 4 is 29.1 Å². The van der Waals surface area contributed by atoms with Crippen molar-refractivity contribution in [3.8, 4) is 0 Å². The van der Waals surface area contributed by atoms with Crippen molar-refractivity contribution in [2.45, 2.75) is 37.4 Å². The Hall–Kier alpha value is -1.69. The Morgan fingerprint density at radius 1 is 1.14 bits per heavy atom. The summed E-state index contributed by atoms with van der Waals surface area (Å²) in [5.41, 5.74) is -0.0734. The number of piperidine rings is 1. The van der Waals surface area contributed by atoms with E-state index in [9.17, 15) is 9.18 Å². The molecule has 0 bridgehead atoms. The fraction of sp³-hybridized carbons (Fsp3) is 0.409. The maximum atomic E-state index is 15.8. The van der Waals surface area contributed by atoms with Crippen molar-refractivity contribution in [2.24, 2.45) is 0 Å². The molecule has 1 amide bonds. The quantitative estimate of drug-likeness (QED) is 0.655. The Labute approximate surface area is 180 Å². The van der Waals surface area contributed by atoms with Crippen molar-refractivity contribution in [2.75, 3.05) is 20.1 Å². The number of rotatable bonds is 6. The zero-order valence-electron chi connectivity index (χ0n) is 16.2. The fourth-order valence-corrected chi connectivity index (χ4v) is 4.45. The number of halogens is 4. The summed E-state index contributed by atoms with van der Waals surface area (Å²) in [7, 11) is 1.67. The highest BCUT2D eigenvalue weighted by Crippen LogP contribution is 2.41. The van der Waals surface area contributed by atoms with Crippen LogP contribution >= 0.6 is 23.2 Å². The highest BCUT2D eigenvalue weighted by molar-refractivity contribution is 6.34. The molecule has 1 atom stereocenters. The molecule has 0 spiro atoms. The van der Waals surface area contributed by atoms with Crippen LogP contribution < -0.4 is 5.32 Å². The second kappa shape index (κ2) is 9.41. The lowest BCUT2D eigenvalue weighted by Gasteiger charge is -2.38. The second-order valence-electron chi connectivity index (χ2n) is 7.62. The SMILES string of the molecule is CN(Cc1cc(Cl)cc(Cl)c1)C(=O)CC(c1ccc(F)cc1)C1(F)CCNCC1. The van der Waals surface area contributed by atoms with Gasteiger partial charge in [-0.1, -0.05) is 35.3 Å². The van der Waals surface area contributed by atoms with Crippen molar-refractivity contribution in [3.63, 3.8) is 0 Å². The number of nitrogens with zero attached hydrogens (tertiary/aromatic N) is 1. The molecule has 1 heterocycles. The van der Waals surface area contributed by atoms with Crippen LogP contribution in [0.4, 0.5) is 8.78 Å². The van der Waals surface area contributed by atoms with Crippen LogP contribution in [0.3, 0.4) is 0 Å². The van der Waals surface area contributed by atoms with Crippen LogP contribution in [0.1, 0.15) is 36.3 Å². The summed E-state index contributed by atoms with van der Waals surface area (Å²) in [6.07, 6.45) is 0.638. The molecular weight excluding hydrogens is 417 g/mol. The topological polar surface area (TPSA) is 32.3 Å². The van der Waals surface area contributed by atoms with Crippen LogP contribution in [0.5, 0.6) is 0 Å². The standard InChI is InChI=1S/C22H24Cl2F2N2O/c1-28(14-15-10-17(23)12-18(24)11-15)21(29)13-20(16-2-4-19(25)5-3-16)22(26)6-8-27-9-7-22/h2-5,10-12,20,27H,6-9,13-14H2,1H3. The molecule has 1 N–H and O–H groups in total. The Morgan fingerprint density at radius 3 is 2.31 bits per heavy atom. The van der Waals surface area contributed by atoms with Crippen LogP contribution in [0.25, 0.3) is 0 Å². The molecule has 0 aliphatic carbocycles. The summed E-state index contributed by atoms with van der Waals surface area (Å²) in [6.45, 7) is 1.43. The summed E-state index contributed by atoms with van der Waals surface area (Å²) < 4.78 is 29.2. The molecule has 29 heavy (non-hydrogen) atoms. The molecule has 3 rings (SSSR count). The van der Waals surface area contributed by atoms with E-state index >= 15 is 4.39 Å². The molecule has 2 aromatic carbocycles. The predicted molar refractivity (Wildman–Crippen MR) is 113 cm³/mol. The first-order valence-corrected chi connectivity index (χ1v) is 10.4. The molecule has 3 nitrogen and oxygen atoms in total. The van der Waals surface area contributed by atoms with Crippen LogP contribution in [-0.2, 0) is 11.3 Å². The van der Waals surface area contributed by atoms with Crippen LogP contribution in [0.2, 0.25) is 10.0 Å². The summed E-state index contributed by atoms with van der Waals surface area (Å²) in [5.74, 6) is -1.21. The lowest BCUT2D eigenvalue weighted by atomic mass is 9.75. The highest BCUT2D eigenvalue weighted by atomic mass is 35.5. The van der Waals surface area contributed by atoms with Crippen LogP contribution in [0, 0.1) is 5.82 Å². The smallest absolute Gasteiger partial charge is 0.223 e. The van der Waals surface area contributed by atoms with Gasteiger partial charge in [-0.05, 0) is 67.4 Å². The van der Waals surface area contributed by atoms with E-state index in [-0.39, 0.29) is 18.1 Å². The van der Waals surface area contributed by atoms with Crippen molar-refractivity contribution in [1.29, 1.82) is 0 Å². The summed E-state index contributed by atoms with van der Waals surface area (Å²) in [6, 6.07) is 10.9. The normalized spacial score (nSPS) is 17.0. The van der Waals surface area contributed by atoms with Gasteiger partial charge < -0.3 is 10.2 Å². The van der Waals surface area contributed by atoms with Gasteiger partial charge in [-0.3, -0.25) is 4.79 Å². The van der Waals surface area contributed by atoms with Gasteiger partial charge in [-0.15, -0.1) is 0 Å². The molecule has 7 heteroatoms. The van der Waals surface area contributed by atoms with E-state index in [2.05, 4.69) is 5.32 Å². The second-order valence-corrected chi connectivity index (χ2v) is 8.49. The Morgan fingerprint density at radius 2 is 1.72 bits per heavy atom.